The van der Waals surface area contributed by atoms with Crippen LogP contribution in [0.1, 0.15) is 91.5 Å². The molecule has 2 aromatic carbocycles. The second kappa shape index (κ2) is 24.9. The lowest BCUT2D eigenvalue weighted by molar-refractivity contribution is -0.142. The van der Waals surface area contributed by atoms with E-state index >= 15 is 0 Å². The molecule has 0 saturated heterocycles. The molecule has 0 heterocycles. The van der Waals surface area contributed by atoms with E-state index in [0.29, 0.717) is 24.3 Å². The van der Waals surface area contributed by atoms with E-state index < -0.39 is 59.5 Å². The fourth-order valence-corrected chi connectivity index (χ4v) is 5.71. The number of hydrogen-bond acceptors (Lipinski definition) is 10. The van der Waals surface area contributed by atoms with E-state index in [0.717, 1.165) is 30.4 Å². The first-order valence-corrected chi connectivity index (χ1v) is 19.6. The predicted molar refractivity (Wildman–Crippen MR) is 219 cm³/mol. The lowest BCUT2D eigenvalue weighted by Crippen LogP contribution is -2.55. The first-order valence-electron chi connectivity index (χ1n) is 19.6. The van der Waals surface area contributed by atoms with Crippen LogP contribution in [-0.4, -0.2) is 101 Å². The van der Waals surface area contributed by atoms with Crippen molar-refractivity contribution in [1.29, 1.82) is 0 Å². The van der Waals surface area contributed by atoms with Crippen LogP contribution in [0.15, 0.2) is 48.5 Å². The Morgan fingerprint density at radius 1 is 0.741 bits per heavy atom. The summed E-state index contributed by atoms with van der Waals surface area (Å²) in [6.07, 6.45) is 1.56. The standard InChI is InChI=1S/C41H61N7O10/c1-6-7-9-30(42)25-43-22-20-32(48-40(57)58-41(3,4)5)38(54)47-34(37(53)44-23-21-33(39(55)56)46-35(50)10-8-11-36(51)52)24-27-12-14-28(15-13-27)29-16-18-31(19-17-29)45-26(2)49/h12-19,30,32-34,43H,6-11,20-25,42H2,1-5H3,(H,44,53)(H,45,49)(H,46,50)(H,47,54)(H,48,57)(H,51,52)(H,55,56)/t30-,32-,33+,34+/m0/s1. The van der Waals surface area contributed by atoms with Crippen molar-refractivity contribution in [2.45, 2.75) is 122 Å². The van der Waals surface area contributed by atoms with Gasteiger partial charge in [-0.3, -0.25) is 24.0 Å². The number of carboxylic acid groups (broad SMARTS) is 2. The number of carboxylic acids is 2. The Balaban J connectivity index is 2.28. The molecule has 2 rings (SSSR count). The normalized spacial score (nSPS) is 13.2. The minimum atomic E-state index is -1.37. The highest BCUT2D eigenvalue weighted by Crippen LogP contribution is 2.22. The Morgan fingerprint density at radius 3 is 1.93 bits per heavy atom. The molecule has 4 atom stereocenters. The Hall–Kier alpha value is -5.55. The third-order valence-corrected chi connectivity index (χ3v) is 8.68. The average Bonchev–Trinajstić information content (AvgIpc) is 3.13. The number of rotatable bonds is 25. The van der Waals surface area contributed by atoms with Gasteiger partial charge in [0.1, 0.15) is 23.7 Å². The zero-order valence-corrected chi connectivity index (χ0v) is 34.2. The van der Waals surface area contributed by atoms with E-state index in [1.807, 2.05) is 24.3 Å². The molecular formula is C41H61N7O10. The van der Waals surface area contributed by atoms with Crippen molar-refractivity contribution in [2.24, 2.45) is 5.73 Å². The largest absolute Gasteiger partial charge is 0.481 e. The number of nitrogens with two attached hydrogens (primary N) is 1. The molecule has 0 radical (unpaired) electrons. The van der Waals surface area contributed by atoms with Gasteiger partial charge in [-0.1, -0.05) is 56.2 Å². The Labute approximate surface area is 340 Å². The van der Waals surface area contributed by atoms with Gasteiger partial charge in [0.05, 0.1) is 0 Å². The number of nitrogens with one attached hydrogen (secondary N) is 6. The molecule has 0 aliphatic rings. The van der Waals surface area contributed by atoms with Crippen LogP contribution in [-0.2, 0) is 39.9 Å². The van der Waals surface area contributed by atoms with Crippen LogP contribution in [0.2, 0.25) is 0 Å². The summed E-state index contributed by atoms with van der Waals surface area (Å²) < 4.78 is 5.41. The van der Waals surface area contributed by atoms with E-state index in [1.54, 1.807) is 45.0 Å². The van der Waals surface area contributed by atoms with E-state index in [4.69, 9.17) is 15.6 Å². The van der Waals surface area contributed by atoms with Crippen molar-refractivity contribution in [2.75, 3.05) is 25.0 Å². The number of carbonyl (C=O) groups is 7. The number of anilines is 1. The van der Waals surface area contributed by atoms with Gasteiger partial charge < -0.3 is 52.6 Å². The highest BCUT2D eigenvalue weighted by atomic mass is 16.6. The summed E-state index contributed by atoms with van der Waals surface area (Å²) >= 11 is 0. The number of alkyl carbamates (subject to hydrolysis) is 1. The molecule has 0 fully saturated rings. The number of hydrogen-bond donors (Lipinski definition) is 9. The van der Waals surface area contributed by atoms with E-state index in [1.165, 1.54) is 6.92 Å². The summed E-state index contributed by atoms with van der Waals surface area (Å²) in [6, 6.07) is 10.8. The molecule has 2 aromatic rings. The number of carbonyl (C=O) groups excluding carboxylic acids is 5. The van der Waals surface area contributed by atoms with E-state index in [9.17, 15) is 38.7 Å². The predicted octanol–water partition coefficient (Wildman–Crippen LogP) is 3.06. The third kappa shape index (κ3) is 20.0. The number of aliphatic carboxylic acids is 2. The molecule has 17 nitrogen and oxygen atoms in total. The van der Waals surface area contributed by atoms with Gasteiger partial charge in [0.2, 0.25) is 23.6 Å². The summed E-state index contributed by atoms with van der Waals surface area (Å²) in [6.45, 7) is 9.19. The monoisotopic (exact) mass is 811 g/mol. The minimum absolute atomic E-state index is 0.0195. The number of benzene rings is 2. The van der Waals surface area contributed by atoms with Gasteiger partial charge in [0, 0.05) is 51.0 Å². The summed E-state index contributed by atoms with van der Waals surface area (Å²) in [5.41, 5.74) is 8.40. The van der Waals surface area contributed by atoms with Crippen molar-refractivity contribution in [3.05, 3.63) is 54.1 Å². The van der Waals surface area contributed by atoms with Crippen molar-refractivity contribution in [3.8, 4) is 11.1 Å². The molecule has 0 spiro atoms. The van der Waals surface area contributed by atoms with Crippen molar-refractivity contribution in [3.63, 3.8) is 0 Å². The molecule has 0 saturated carbocycles. The molecule has 5 amide bonds. The second-order valence-electron chi connectivity index (χ2n) is 15.1. The molecule has 0 unspecified atom stereocenters. The number of amides is 5. The summed E-state index contributed by atoms with van der Waals surface area (Å²) in [5.74, 6) is -4.55. The molecule has 0 aromatic heterocycles. The maximum atomic E-state index is 13.9. The first kappa shape index (κ1) is 48.6. The van der Waals surface area contributed by atoms with Crippen molar-refractivity contribution >= 4 is 47.3 Å². The van der Waals surface area contributed by atoms with Gasteiger partial charge in [-0.25, -0.2) is 9.59 Å². The lowest BCUT2D eigenvalue weighted by atomic mass is 9.99. The van der Waals surface area contributed by atoms with Gasteiger partial charge in [-0.15, -0.1) is 0 Å². The maximum absolute atomic E-state index is 13.9. The summed E-state index contributed by atoms with van der Waals surface area (Å²) in [7, 11) is 0. The SMILES string of the molecule is CCCC[C@H](N)CNCC[C@H](NC(=O)OC(C)(C)C)C(=O)N[C@H](Cc1ccc(-c2ccc(NC(C)=O)cc2)cc1)C(=O)NCC[C@@H](NC(=O)CCCC(=O)O)C(=O)O. The van der Waals surface area contributed by atoms with Gasteiger partial charge >= 0.3 is 18.0 Å². The van der Waals surface area contributed by atoms with Gasteiger partial charge in [-0.2, -0.15) is 0 Å². The van der Waals surface area contributed by atoms with Crippen LogP contribution in [0, 0.1) is 0 Å². The summed E-state index contributed by atoms with van der Waals surface area (Å²) in [5, 5.41) is 34.8. The van der Waals surface area contributed by atoms with Gasteiger partial charge in [0.15, 0.2) is 0 Å². The molecule has 0 aliphatic carbocycles. The van der Waals surface area contributed by atoms with Crippen LogP contribution in [0.5, 0.6) is 0 Å². The average molecular weight is 812 g/mol. The Bertz CT molecular complexity index is 1660. The lowest BCUT2D eigenvalue weighted by Gasteiger charge is -2.26. The van der Waals surface area contributed by atoms with Crippen LogP contribution >= 0.6 is 0 Å². The zero-order valence-electron chi connectivity index (χ0n) is 34.2. The fourth-order valence-electron chi connectivity index (χ4n) is 5.71. The first-order chi connectivity index (χ1) is 27.4. The molecule has 0 aliphatic heterocycles. The fraction of sp³-hybridized carbons (Fsp3) is 0.537. The molecule has 0 bridgehead atoms. The van der Waals surface area contributed by atoms with Gasteiger partial charge in [-0.05, 0) is 81.8 Å². The Morgan fingerprint density at radius 2 is 1.36 bits per heavy atom. The van der Waals surface area contributed by atoms with Crippen LogP contribution < -0.4 is 37.6 Å². The van der Waals surface area contributed by atoms with Crippen LogP contribution in [0.4, 0.5) is 10.5 Å². The zero-order chi connectivity index (χ0) is 43.3. The minimum Gasteiger partial charge on any atom is -0.481 e. The van der Waals surface area contributed by atoms with E-state index in [2.05, 4.69) is 38.8 Å². The third-order valence-electron chi connectivity index (χ3n) is 8.68. The molecule has 320 valence electrons. The van der Waals surface area contributed by atoms with Crippen molar-refractivity contribution in [1.82, 2.24) is 26.6 Å². The highest BCUT2D eigenvalue weighted by molar-refractivity contribution is 5.92. The van der Waals surface area contributed by atoms with Crippen molar-refractivity contribution < 1.29 is 48.5 Å². The Kier molecular flexibility index (Phi) is 20.9. The summed E-state index contributed by atoms with van der Waals surface area (Å²) in [4.78, 5) is 86.8. The number of ether oxygens (including phenoxy) is 1. The number of unbranched alkanes of at least 4 members (excludes halogenated alkanes) is 1. The molecular weight excluding hydrogens is 750 g/mol. The van der Waals surface area contributed by atoms with E-state index in [-0.39, 0.29) is 57.0 Å². The topological polar surface area (TPSA) is 267 Å². The van der Waals surface area contributed by atoms with Crippen LogP contribution in [0.3, 0.4) is 0 Å². The van der Waals surface area contributed by atoms with Gasteiger partial charge in [0.25, 0.3) is 0 Å². The molecule has 17 heteroatoms. The molecule has 10 N–H and O–H groups in total. The quantitative estimate of drug-likeness (QED) is 0.0656. The molecule has 58 heavy (non-hydrogen) atoms. The second-order valence-corrected chi connectivity index (χ2v) is 15.1. The smallest absolute Gasteiger partial charge is 0.408 e. The maximum Gasteiger partial charge on any atom is 0.408 e. The van der Waals surface area contributed by atoms with Crippen LogP contribution in [0.25, 0.3) is 11.1 Å². The highest BCUT2D eigenvalue weighted by Gasteiger charge is 2.29.